The predicted octanol–water partition coefficient (Wildman–Crippen LogP) is 2.18. The van der Waals surface area contributed by atoms with Crippen LogP contribution in [0.4, 0.5) is 0 Å². The van der Waals surface area contributed by atoms with Crippen molar-refractivity contribution >= 4 is 5.78 Å². The molecule has 4 unspecified atom stereocenters. The van der Waals surface area contributed by atoms with Crippen molar-refractivity contribution in [3.8, 4) is 0 Å². The molecule has 1 nitrogen and oxygen atoms in total. The molecule has 0 aromatic rings. The van der Waals surface area contributed by atoms with Crippen LogP contribution in [0.3, 0.4) is 0 Å². The Hall–Kier alpha value is -0.590. The lowest BCUT2D eigenvalue weighted by molar-refractivity contribution is -0.120. The van der Waals surface area contributed by atoms with Crippen molar-refractivity contribution in [2.24, 2.45) is 23.7 Å². The average Bonchev–Trinajstić information content (AvgIpc) is 2.66. The molecular formula is C11H14O. The molecular weight excluding hydrogens is 148 g/mol. The van der Waals surface area contributed by atoms with E-state index in [0.29, 0.717) is 17.6 Å². The summed E-state index contributed by atoms with van der Waals surface area (Å²) in [5.74, 6) is 3.15. The minimum atomic E-state index is 0.420. The van der Waals surface area contributed by atoms with E-state index in [0.717, 1.165) is 17.4 Å². The van der Waals surface area contributed by atoms with Crippen LogP contribution < -0.4 is 0 Å². The topological polar surface area (TPSA) is 17.1 Å². The maximum Gasteiger partial charge on any atom is 0.162 e. The minimum absolute atomic E-state index is 0.420. The first kappa shape index (κ1) is 6.88. The van der Waals surface area contributed by atoms with Gasteiger partial charge in [-0.25, -0.2) is 0 Å². The molecule has 0 aromatic heterocycles. The molecule has 0 saturated heterocycles. The van der Waals surface area contributed by atoms with Gasteiger partial charge in [-0.3, -0.25) is 4.79 Å². The quantitative estimate of drug-likeness (QED) is 0.533. The Bertz CT molecular complexity index is 277. The van der Waals surface area contributed by atoms with E-state index in [-0.39, 0.29) is 0 Å². The zero-order valence-corrected chi connectivity index (χ0v) is 7.42. The highest BCUT2D eigenvalue weighted by Gasteiger charge is 2.52. The Morgan fingerprint density at radius 2 is 2.08 bits per heavy atom. The molecule has 12 heavy (non-hydrogen) atoms. The zero-order valence-electron chi connectivity index (χ0n) is 7.42. The lowest BCUT2D eigenvalue weighted by atomic mass is 9.81. The second kappa shape index (κ2) is 2.01. The number of fused-ring (bicyclic) bond motifs is 5. The first-order valence-corrected chi connectivity index (χ1v) is 5.00. The van der Waals surface area contributed by atoms with Gasteiger partial charge in [0, 0.05) is 5.92 Å². The Labute approximate surface area is 72.8 Å². The van der Waals surface area contributed by atoms with Crippen molar-refractivity contribution in [3.05, 3.63) is 11.6 Å². The van der Waals surface area contributed by atoms with Gasteiger partial charge in [0.25, 0.3) is 0 Å². The third kappa shape index (κ3) is 0.634. The van der Waals surface area contributed by atoms with Crippen molar-refractivity contribution in [1.82, 2.24) is 0 Å². The lowest BCUT2D eigenvalue weighted by Crippen LogP contribution is -2.23. The van der Waals surface area contributed by atoms with Gasteiger partial charge in [0.15, 0.2) is 5.78 Å². The monoisotopic (exact) mass is 162 g/mol. The molecule has 3 aliphatic rings. The smallest absolute Gasteiger partial charge is 0.162 e. The maximum atomic E-state index is 11.7. The molecule has 2 fully saturated rings. The Kier molecular flexibility index (Phi) is 1.15. The fourth-order valence-corrected chi connectivity index (χ4v) is 3.60. The van der Waals surface area contributed by atoms with Gasteiger partial charge < -0.3 is 0 Å². The standard InChI is InChI=1S/C11H14O/c1-6-4-9-7-2-3-8(5-7)10(9)11(6)12/h4,7-10H,2-3,5H2,1H3. The van der Waals surface area contributed by atoms with Gasteiger partial charge in [-0.15, -0.1) is 0 Å². The van der Waals surface area contributed by atoms with Gasteiger partial charge in [0.05, 0.1) is 0 Å². The van der Waals surface area contributed by atoms with Crippen LogP contribution in [-0.2, 0) is 4.79 Å². The van der Waals surface area contributed by atoms with E-state index >= 15 is 0 Å². The summed E-state index contributed by atoms with van der Waals surface area (Å²) in [6, 6.07) is 0. The number of carbonyl (C=O) groups excluding carboxylic acids is 1. The third-order valence-corrected chi connectivity index (χ3v) is 4.11. The normalized spacial score (nSPS) is 49.8. The van der Waals surface area contributed by atoms with Gasteiger partial charge in [-0.05, 0) is 49.5 Å². The van der Waals surface area contributed by atoms with Crippen LogP contribution in [-0.4, -0.2) is 5.78 Å². The summed E-state index contributed by atoms with van der Waals surface area (Å²) in [5, 5.41) is 0. The van der Waals surface area contributed by atoms with E-state index < -0.39 is 0 Å². The molecule has 1 heteroatoms. The largest absolute Gasteiger partial charge is 0.294 e. The molecule has 0 amide bonds. The summed E-state index contributed by atoms with van der Waals surface area (Å²) >= 11 is 0. The SMILES string of the molecule is CC1=CC2C3CCC(C3)C2C1=O. The van der Waals surface area contributed by atoms with E-state index in [1.807, 2.05) is 6.92 Å². The number of hydrogen-bond donors (Lipinski definition) is 0. The number of rotatable bonds is 0. The van der Waals surface area contributed by atoms with Crippen molar-refractivity contribution in [2.45, 2.75) is 26.2 Å². The second-order valence-electron chi connectivity index (χ2n) is 4.65. The van der Waals surface area contributed by atoms with Gasteiger partial charge >= 0.3 is 0 Å². The summed E-state index contributed by atoms with van der Waals surface area (Å²) in [6.45, 7) is 1.99. The van der Waals surface area contributed by atoms with Crippen molar-refractivity contribution in [3.63, 3.8) is 0 Å². The number of hydrogen-bond acceptors (Lipinski definition) is 1. The fraction of sp³-hybridized carbons (Fsp3) is 0.727. The average molecular weight is 162 g/mol. The summed E-state index contributed by atoms with van der Waals surface area (Å²) in [5.41, 5.74) is 1.04. The van der Waals surface area contributed by atoms with E-state index in [1.54, 1.807) is 0 Å². The number of carbonyl (C=O) groups is 1. The molecule has 0 spiro atoms. The number of ketones is 1. The van der Waals surface area contributed by atoms with Crippen LogP contribution in [0, 0.1) is 23.7 Å². The van der Waals surface area contributed by atoms with E-state index in [2.05, 4.69) is 6.08 Å². The second-order valence-corrected chi connectivity index (χ2v) is 4.65. The van der Waals surface area contributed by atoms with Crippen LogP contribution in [0.5, 0.6) is 0 Å². The van der Waals surface area contributed by atoms with Gasteiger partial charge in [-0.1, -0.05) is 6.08 Å². The van der Waals surface area contributed by atoms with Gasteiger partial charge in [-0.2, -0.15) is 0 Å². The van der Waals surface area contributed by atoms with Crippen LogP contribution in [0.1, 0.15) is 26.2 Å². The molecule has 0 N–H and O–H groups in total. The van der Waals surface area contributed by atoms with Crippen molar-refractivity contribution < 1.29 is 4.79 Å². The van der Waals surface area contributed by atoms with Crippen molar-refractivity contribution in [1.29, 1.82) is 0 Å². The zero-order chi connectivity index (χ0) is 8.29. The molecule has 0 radical (unpaired) electrons. The molecule has 4 atom stereocenters. The number of Topliss-reactive ketones (excluding diaryl/α,β-unsaturated/α-hetero) is 1. The third-order valence-electron chi connectivity index (χ3n) is 4.11. The van der Waals surface area contributed by atoms with E-state index in [1.165, 1.54) is 19.3 Å². The number of allylic oxidation sites excluding steroid dienone is 2. The fourth-order valence-electron chi connectivity index (χ4n) is 3.60. The molecule has 3 rings (SSSR count). The Balaban J connectivity index is 2.02. The molecule has 0 aromatic carbocycles. The molecule has 2 bridgehead atoms. The summed E-state index contributed by atoms with van der Waals surface area (Å²) in [6.07, 6.45) is 6.28. The van der Waals surface area contributed by atoms with E-state index in [9.17, 15) is 4.79 Å². The van der Waals surface area contributed by atoms with Crippen LogP contribution >= 0.6 is 0 Å². The molecule has 3 aliphatic carbocycles. The maximum absolute atomic E-state index is 11.7. The molecule has 0 aliphatic heterocycles. The molecule has 2 saturated carbocycles. The lowest BCUT2D eigenvalue weighted by Gasteiger charge is -2.22. The first-order valence-electron chi connectivity index (χ1n) is 5.00. The summed E-state index contributed by atoms with van der Waals surface area (Å²) in [7, 11) is 0. The van der Waals surface area contributed by atoms with Gasteiger partial charge in [0.1, 0.15) is 0 Å². The Morgan fingerprint density at radius 1 is 1.33 bits per heavy atom. The van der Waals surface area contributed by atoms with Crippen LogP contribution in [0.2, 0.25) is 0 Å². The highest BCUT2D eigenvalue weighted by atomic mass is 16.1. The molecule has 64 valence electrons. The summed E-state index contributed by atoms with van der Waals surface area (Å²) < 4.78 is 0. The van der Waals surface area contributed by atoms with Crippen LogP contribution in [0.25, 0.3) is 0 Å². The molecule has 0 heterocycles. The highest BCUT2D eigenvalue weighted by Crippen LogP contribution is 2.56. The first-order chi connectivity index (χ1) is 5.77. The van der Waals surface area contributed by atoms with Crippen molar-refractivity contribution in [2.75, 3.05) is 0 Å². The van der Waals surface area contributed by atoms with E-state index in [4.69, 9.17) is 0 Å². The Morgan fingerprint density at radius 3 is 2.83 bits per heavy atom. The predicted molar refractivity (Wildman–Crippen MR) is 46.6 cm³/mol. The minimum Gasteiger partial charge on any atom is -0.294 e. The highest BCUT2D eigenvalue weighted by molar-refractivity contribution is 6.00. The van der Waals surface area contributed by atoms with Gasteiger partial charge in [0.2, 0.25) is 0 Å². The van der Waals surface area contributed by atoms with Crippen LogP contribution in [0.15, 0.2) is 11.6 Å². The summed E-state index contributed by atoms with van der Waals surface area (Å²) in [4.78, 5) is 11.7.